The van der Waals surface area contributed by atoms with Crippen LogP contribution in [0.5, 0.6) is 23.0 Å². The van der Waals surface area contributed by atoms with Crippen molar-refractivity contribution in [3.63, 3.8) is 0 Å². The second-order valence-electron chi connectivity index (χ2n) is 10.5. The van der Waals surface area contributed by atoms with Crippen LogP contribution in [0.2, 0.25) is 0 Å². The Kier molecular flexibility index (Phi) is 7.11. The average Bonchev–Trinajstić information content (AvgIpc) is 2.99. The fourth-order valence-electron chi connectivity index (χ4n) is 5.47. The number of hydrogen-bond donors (Lipinski definition) is 4. The molecule has 216 valence electrons. The first-order valence-corrected chi connectivity index (χ1v) is 13.9. The molecule has 0 radical (unpaired) electrons. The predicted molar refractivity (Wildman–Crippen MR) is 164 cm³/mol. The van der Waals surface area contributed by atoms with Crippen molar-refractivity contribution in [3.8, 4) is 45.6 Å². The van der Waals surface area contributed by atoms with Crippen LogP contribution < -0.4 is 11.3 Å². The minimum absolute atomic E-state index is 0.181. The van der Waals surface area contributed by atoms with Crippen LogP contribution in [0.3, 0.4) is 0 Å². The maximum absolute atomic E-state index is 12.7. The van der Waals surface area contributed by atoms with E-state index in [1.165, 1.54) is 24.3 Å². The van der Waals surface area contributed by atoms with Crippen LogP contribution in [0, 0.1) is 0 Å². The monoisotopic (exact) mass is 576 g/mol. The zero-order valence-corrected chi connectivity index (χ0v) is 23.3. The molecule has 0 aliphatic heterocycles. The Morgan fingerprint density at radius 2 is 1.14 bits per heavy atom. The van der Waals surface area contributed by atoms with Crippen LogP contribution in [0.4, 0.5) is 0 Å². The van der Waals surface area contributed by atoms with Gasteiger partial charge in [-0.3, -0.25) is 0 Å². The van der Waals surface area contributed by atoms with Crippen molar-refractivity contribution in [1.82, 2.24) is 0 Å². The van der Waals surface area contributed by atoms with Crippen LogP contribution in [-0.4, -0.2) is 20.4 Å². The molecule has 0 bridgehead atoms. The molecule has 2 aromatic heterocycles. The lowest BCUT2D eigenvalue weighted by atomic mass is 9.95. The summed E-state index contributed by atoms with van der Waals surface area (Å²) in [6, 6.07) is 22.2. The molecule has 43 heavy (non-hydrogen) atoms. The highest BCUT2D eigenvalue weighted by Crippen LogP contribution is 2.34. The maximum Gasteiger partial charge on any atom is 0.344 e. The molecule has 4 aromatic carbocycles. The SMILES string of the molecule is CCc1ccc(CCCc2ccccc2-c2cc3cc(O)c(O)cc3c(=O)o2)cc1-c1cc2cc(O)c(O)cc2c(=O)o1. The van der Waals surface area contributed by atoms with Gasteiger partial charge < -0.3 is 29.3 Å². The normalized spacial score (nSPS) is 11.4. The molecule has 0 unspecified atom stereocenters. The van der Waals surface area contributed by atoms with Crippen LogP contribution in [0.1, 0.15) is 30.0 Å². The molecule has 0 aliphatic carbocycles. The van der Waals surface area contributed by atoms with E-state index in [9.17, 15) is 30.0 Å². The van der Waals surface area contributed by atoms with Gasteiger partial charge in [0.05, 0.1) is 10.8 Å². The Labute approximate surface area is 245 Å². The summed E-state index contributed by atoms with van der Waals surface area (Å²) in [6.07, 6.45) is 2.92. The minimum atomic E-state index is -0.603. The van der Waals surface area contributed by atoms with Crippen LogP contribution in [0.25, 0.3) is 44.2 Å². The van der Waals surface area contributed by atoms with Gasteiger partial charge in [-0.15, -0.1) is 0 Å². The van der Waals surface area contributed by atoms with E-state index in [0.29, 0.717) is 28.7 Å². The van der Waals surface area contributed by atoms with E-state index < -0.39 is 11.3 Å². The van der Waals surface area contributed by atoms with Crippen molar-refractivity contribution < 1.29 is 29.3 Å². The number of aryl methyl sites for hydroxylation is 3. The summed E-state index contributed by atoms with van der Waals surface area (Å²) in [5, 5.41) is 40.8. The van der Waals surface area contributed by atoms with Crippen LogP contribution in [0.15, 0.2) is 97.3 Å². The van der Waals surface area contributed by atoms with Gasteiger partial charge in [0.1, 0.15) is 11.5 Å². The molecule has 0 saturated heterocycles. The number of aromatic hydroxyl groups is 4. The molecule has 4 N–H and O–H groups in total. The highest BCUT2D eigenvalue weighted by atomic mass is 16.4. The van der Waals surface area contributed by atoms with E-state index >= 15 is 0 Å². The lowest BCUT2D eigenvalue weighted by molar-refractivity contribution is 0.404. The number of phenolic OH excluding ortho intramolecular Hbond substituents is 4. The Morgan fingerprint density at radius 3 is 1.74 bits per heavy atom. The fourth-order valence-corrected chi connectivity index (χ4v) is 5.47. The maximum atomic E-state index is 12.7. The van der Waals surface area contributed by atoms with E-state index in [1.54, 1.807) is 12.1 Å². The molecule has 0 atom stereocenters. The standard InChI is InChI=1S/C35H28O8/c1-2-20-11-10-19(12-25(20)33-16-23-14-29(37)31(39)18-27(23)35(41)43-33)6-5-8-21-7-3-4-9-24(21)32-15-22-13-28(36)30(38)17-26(22)34(40)42-32/h3-4,7,9-18,36-39H,2,5-6,8H2,1H3. The first-order valence-electron chi connectivity index (χ1n) is 13.9. The highest BCUT2D eigenvalue weighted by Gasteiger charge is 2.15. The smallest absolute Gasteiger partial charge is 0.344 e. The molecule has 6 rings (SSSR count). The second-order valence-corrected chi connectivity index (χ2v) is 10.5. The molecular formula is C35H28O8. The lowest BCUT2D eigenvalue weighted by Crippen LogP contribution is -2.02. The van der Waals surface area contributed by atoms with E-state index in [1.807, 2.05) is 43.3 Å². The Bertz CT molecular complexity index is 2140. The van der Waals surface area contributed by atoms with Crippen molar-refractivity contribution in [2.75, 3.05) is 0 Å². The van der Waals surface area contributed by atoms with E-state index in [-0.39, 0.29) is 33.8 Å². The Balaban J connectivity index is 1.27. The molecule has 0 amide bonds. The summed E-state index contributed by atoms with van der Waals surface area (Å²) in [5.74, 6) is -0.630. The van der Waals surface area contributed by atoms with Gasteiger partial charge in [-0.05, 0) is 95.6 Å². The summed E-state index contributed by atoms with van der Waals surface area (Å²) >= 11 is 0. The number of fused-ring (bicyclic) bond motifs is 2. The van der Waals surface area contributed by atoms with Crippen molar-refractivity contribution in [3.05, 3.63) is 116 Å². The van der Waals surface area contributed by atoms with E-state index in [0.717, 1.165) is 47.1 Å². The summed E-state index contributed by atoms with van der Waals surface area (Å²) in [5.41, 5.74) is 3.40. The largest absolute Gasteiger partial charge is 0.504 e. The first-order chi connectivity index (χ1) is 20.7. The quantitative estimate of drug-likeness (QED) is 0.152. The van der Waals surface area contributed by atoms with Crippen LogP contribution >= 0.6 is 0 Å². The Morgan fingerprint density at radius 1 is 0.581 bits per heavy atom. The summed E-state index contributed by atoms with van der Waals surface area (Å²) < 4.78 is 11.3. The van der Waals surface area contributed by atoms with Crippen molar-refractivity contribution >= 4 is 21.5 Å². The summed E-state index contributed by atoms with van der Waals surface area (Å²) in [4.78, 5) is 25.4. The summed E-state index contributed by atoms with van der Waals surface area (Å²) in [6.45, 7) is 2.02. The fraction of sp³-hybridized carbons (Fsp3) is 0.143. The molecule has 0 aliphatic rings. The minimum Gasteiger partial charge on any atom is -0.504 e. The van der Waals surface area contributed by atoms with Gasteiger partial charge in [-0.25, -0.2) is 9.59 Å². The zero-order chi connectivity index (χ0) is 30.2. The molecule has 2 heterocycles. The third-order valence-electron chi connectivity index (χ3n) is 7.73. The third-order valence-corrected chi connectivity index (χ3v) is 7.73. The van der Waals surface area contributed by atoms with Crippen molar-refractivity contribution in [1.29, 1.82) is 0 Å². The predicted octanol–water partition coefficient (Wildman–Crippen LogP) is 6.79. The number of phenols is 4. The highest BCUT2D eigenvalue weighted by molar-refractivity contribution is 5.88. The topological polar surface area (TPSA) is 141 Å². The summed E-state index contributed by atoms with van der Waals surface area (Å²) in [7, 11) is 0. The van der Waals surface area contributed by atoms with Gasteiger partial charge in [0.2, 0.25) is 0 Å². The molecule has 0 spiro atoms. The number of hydrogen-bond acceptors (Lipinski definition) is 8. The lowest BCUT2D eigenvalue weighted by Gasteiger charge is -2.12. The molecular weight excluding hydrogens is 548 g/mol. The van der Waals surface area contributed by atoms with Crippen molar-refractivity contribution in [2.24, 2.45) is 0 Å². The molecule has 0 saturated carbocycles. The van der Waals surface area contributed by atoms with E-state index in [2.05, 4.69) is 6.07 Å². The van der Waals surface area contributed by atoms with Crippen molar-refractivity contribution in [2.45, 2.75) is 32.6 Å². The van der Waals surface area contributed by atoms with Gasteiger partial charge in [0.25, 0.3) is 0 Å². The van der Waals surface area contributed by atoms with Gasteiger partial charge in [0, 0.05) is 11.1 Å². The molecule has 6 aromatic rings. The second kappa shape index (κ2) is 11.1. The third kappa shape index (κ3) is 5.30. The van der Waals surface area contributed by atoms with Gasteiger partial charge >= 0.3 is 11.3 Å². The first kappa shape index (κ1) is 27.7. The van der Waals surface area contributed by atoms with E-state index in [4.69, 9.17) is 8.83 Å². The van der Waals surface area contributed by atoms with Gasteiger partial charge in [0.15, 0.2) is 23.0 Å². The molecule has 8 nitrogen and oxygen atoms in total. The Hall–Kier alpha value is -5.50. The van der Waals surface area contributed by atoms with Crippen LogP contribution in [-0.2, 0) is 19.3 Å². The molecule has 8 heteroatoms. The molecule has 0 fully saturated rings. The number of rotatable bonds is 7. The zero-order valence-electron chi connectivity index (χ0n) is 23.3. The van der Waals surface area contributed by atoms with Gasteiger partial charge in [-0.1, -0.05) is 43.3 Å². The average molecular weight is 577 g/mol. The number of benzene rings is 4. The van der Waals surface area contributed by atoms with Gasteiger partial charge in [-0.2, -0.15) is 0 Å².